The van der Waals surface area contributed by atoms with E-state index in [9.17, 15) is 31.5 Å². The van der Waals surface area contributed by atoms with Gasteiger partial charge in [-0.3, -0.25) is 0 Å². The average molecular weight is 356 g/mol. The fourth-order valence-electron chi connectivity index (χ4n) is 1.31. The van der Waals surface area contributed by atoms with Crippen LogP contribution in [-0.4, -0.2) is 32.4 Å². The van der Waals surface area contributed by atoms with E-state index in [2.05, 4.69) is 4.74 Å². The Morgan fingerprint density at radius 3 is 2.09 bits per heavy atom. The monoisotopic (exact) mass is 356 g/mol. The molecule has 0 saturated heterocycles. The number of hydrogen-bond acceptors (Lipinski definition) is 4. The zero-order valence-electron chi connectivity index (χ0n) is 12.3. The predicted molar refractivity (Wildman–Crippen MR) is 71.8 cm³/mol. The number of rotatable bonds is 4. The van der Waals surface area contributed by atoms with E-state index in [1.807, 2.05) is 0 Å². The van der Waals surface area contributed by atoms with Crippen molar-refractivity contribution in [3.63, 3.8) is 0 Å². The van der Waals surface area contributed by atoms with Crippen LogP contribution in [0.15, 0.2) is 24.3 Å². The molecule has 4 nitrogen and oxygen atoms in total. The zero-order chi connectivity index (χ0) is 18.1. The number of alkyl halides is 5. The molecule has 1 aromatic carbocycles. The van der Waals surface area contributed by atoms with Crippen molar-refractivity contribution in [1.29, 1.82) is 0 Å². The number of hydrogen-bond donors (Lipinski definition) is 0. The summed E-state index contributed by atoms with van der Waals surface area (Å²) in [6, 6.07) is 4.24. The molecule has 0 radical (unpaired) electrons. The summed E-state index contributed by atoms with van der Waals surface area (Å²) in [6.45, 7) is 5.16. The number of esters is 1. The molecule has 0 aliphatic rings. The Balaban J connectivity index is 2.94. The molecule has 0 N–H and O–H groups in total. The summed E-state index contributed by atoms with van der Waals surface area (Å²) in [7, 11) is -2.23. The third-order valence-electron chi connectivity index (χ3n) is 2.29. The van der Waals surface area contributed by atoms with Crippen LogP contribution in [0.5, 0.6) is 5.75 Å². The molecule has 0 aliphatic heterocycles. The third-order valence-corrected chi connectivity index (χ3v) is 3.09. The second-order valence-electron chi connectivity index (χ2n) is 5.49. The minimum Gasteiger partial charge on any atom is -0.516 e. The molecule has 1 rings (SSSR count). The van der Waals surface area contributed by atoms with E-state index in [-0.39, 0.29) is 5.56 Å². The highest BCUT2D eigenvalue weighted by molar-refractivity contribution is 6.71. The molecule has 0 heterocycles. The van der Waals surface area contributed by atoms with Crippen LogP contribution in [0.25, 0.3) is 0 Å². The second kappa shape index (κ2) is 6.26. The van der Waals surface area contributed by atoms with E-state index >= 15 is 0 Å². The van der Waals surface area contributed by atoms with Gasteiger partial charge in [-0.05, 0) is 37.8 Å². The summed E-state index contributed by atoms with van der Waals surface area (Å²) in [5.74, 6) is -9.84. The van der Waals surface area contributed by atoms with E-state index in [0.717, 1.165) is 18.2 Å². The Kier molecular flexibility index (Phi) is 5.19. The minimum absolute atomic E-state index is 0.131. The lowest BCUT2D eigenvalue weighted by Gasteiger charge is -2.19. The van der Waals surface area contributed by atoms with Crippen LogP contribution in [0, 0.1) is 0 Å². The molecule has 0 fully saturated rings. The molecule has 0 bridgehead atoms. The Labute approximate surface area is 129 Å². The Hall–Kier alpha value is -1.97. The molecule has 0 unspecified atom stereocenters. The predicted octanol–water partition coefficient (Wildman–Crippen LogP) is 3.78. The molecular weight excluding hydrogens is 343 g/mol. The summed E-state index contributed by atoms with van der Waals surface area (Å²) in [6.07, 6.45) is -6.07. The molecule has 10 heteroatoms. The van der Waals surface area contributed by atoms with Gasteiger partial charge in [0.2, 0.25) is 8.32 Å². The first-order valence-corrected chi connectivity index (χ1v) is 9.65. The quantitative estimate of drug-likeness (QED) is 0.357. The van der Waals surface area contributed by atoms with Gasteiger partial charge >= 0.3 is 24.0 Å². The largest absolute Gasteiger partial charge is 0.516 e. The van der Waals surface area contributed by atoms with Crippen LogP contribution >= 0.6 is 0 Å². The third kappa shape index (κ3) is 5.01. The standard InChI is InChI=1S/C13H13F5O4Si/c1-23(2,3)22-10(19)8-5-4-6-9(7-8)21-11(20)12(14,15)13(16,17)18/h4-7H,1-3H3. The highest BCUT2D eigenvalue weighted by atomic mass is 28.4. The fraction of sp³-hybridized carbons (Fsp3) is 0.385. The lowest BCUT2D eigenvalue weighted by molar-refractivity contribution is -0.276. The summed E-state index contributed by atoms with van der Waals surface area (Å²) >= 11 is 0. The van der Waals surface area contributed by atoms with E-state index < -0.39 is 38.1 Å². The smallest absolute Gasteiger partial charge is 0.465 e. The molecule has 0 saturated carbocycles. The Morgan fingerprint density at radius 2 is 1.61 bits per heavy atom. The van der Waals surface area contributed by atoms with E-state index in [0.29, 0.717) is 0 Å². The summed E-state index contributed by atoms with van der Waals surface area (Å²) in [5.41, 5.74) is -0.131. The van der Waals surface area contributed by atoms with Gasteiger partial charge in [-0.2, -0.15) is 22.0 Å². The van der Waals surface area contributed by atoms with Crippen molar-refractivity contribution in [3.05, 3.63) is 29.8 Å². The molecule has 23 heavy (non-hydrogen) atoms. The first kappa shape index (κ1) is 19.1. The van der Waals surface area contributed by atoms with Gasteiger partial charge in [-0.1, -0.05) is 6.07 Å². The van der Waals surface area contributed by atoms with E-state index in [1.165, 1.54) is 6.07 Å². The van der Waals surface area contributed by atoms with Crippen molar-refractivity contribution in [2.24, 2.45) is 0 Å². The van der Waals surface area contributed by atoms with E-state index in [4.69, 9.17) is 4.43 Å². The molecule has 0 atom stereocenters. The lowest BCUT2D eigenvalue weighted by atomic mass is 10.2. The molecule has 0 aliphatic carbocycles. The highest BCUT2D eigenvalue weighted by Gasteiger charge is 2.65. The van der Waals surface area contributed by atoms with Crippen molar-refractivity contribution in [3.8, 4) is 5.75 Å². The van der Waals surface area contributed by atoms with Gasteiger partial charge in [0.05, 0.1) is 5.56 Å². The highest BCUT2D eigenvalue weighted by Crippen LogP contribution is 2.36. The van der Waals surface area contributed by atoms with Gasteiger partial charge in [-0.25, -0.2) is 9.59 Å². The SMILES string of the molecule is C[Si](C)(C)OC(=O)c1cccc(OC(=O)C(F)(F)C(F)(F)F)c1. The molecular formula is C13H13F5O4Si. The van der Waals surface area contributed by atoms with Crippen molar-refractivity contribution >= 4 is 20.3 Å². The average Bonchev–Trinajstić information content (AvgIpc) is 2.35. The van der Waals surface area contributed by atoms with Gasteiger partial charge in [0.15, 0.2) is 0 Å². The number of carbonyl (C=O) groups excluding carboxylic acids is 2. The molecule has 0 aromatic heterocycles. The van der Waals surface area contributed by atoms with Crippen LogP contribution in [0.2, 0.25) is 19.6 Å². The van der Waals surface area contributed by atoms with Gasteiger partial charge in [0.25, 0.3) is 0 Å². The van der Waals surface area contributed by atoms with Crippen LogP contribution in [-0.2, 0) is 9.22 Å². The molecule has 0 amide bonds. The van der Waals surface area contributed by atoms with Crippen LogP contribution in [0.3, 0.4) is 0 Å². The van der Waals surface area contributed by atoms with Crippen molar-refractivity contribution in [2.45, 2.75) is 31.7 Å². The zero-order valence-corrected chi connectivity index (χ0v) is 13.3. The first-order valence-electron chi connectivity index (χ1n) is 6.24. The molecule has 1 aromatic rings. The van der Waals surface area contributed by atoms with Gasteiger partial charge in [-0.15, -0.1) is 0 Å². The summed E-state index contributed by atoms with van der Waals surface area (Å²) in [4.78, 5) is 22.8. The number of carbonyl (C=O) groups is 2. The second-order valence-corrected chi connectivity index (χ2v) is 9.92. The van der Waals surface area contributed by atoms with Crippen LogP contribution in [0.1, 0.15) is 10.4 Å². The van der Waals surface area contributed by atoms with Gasteiger partial charge < -0.3 is 9.16 Å². The maximum Gasteiger partial charge on any atom is 0.465 e. The van der Waals surface area contributed by atoms with Crippen molar-refractivity contribution in [1.82, 2.24) is 0 Å². The lowest BCUT2D eigenvalue weighted by Crippen LogP contribution is -2.46. The minimum atomic E-state index is -6.07. The number of ether oxygens (including phenoxy) is 1. The Bertz CT molecular complexity index is 607. The first-order chi connectivity index (χ1) is 10.2. The number of benzene rings is 1. The summed E-state index contributed by atoms with van der Waals surface area (Å²) in [5, 5.41) is 0. The maximum absolute atomic E-state index is 12.8. The van der Waals surface area contributed by atoms with Gasteiger partial charge in [0.1, 0.15) is 5.75 Å². The molecule has 0 spiro atoms. The normalized spacial score (nSPS) is 12.7. The topological polar surface area (TPSA) is 52.6 Å². The number of halogens is 5. The maximum atomic E-state index is 12.8. The van der Waals surface area contributed by atoms with Crippen LogP contribution < -0.4 is 4.74 Å². The molecule has 128 valence electrons. The van der Waals surface area contributed by atoms with Crippen LogP contribution in [0.4, 0.5) is 22.0 Å². The Morgan fingerprint density at radius 1 is 1.04 bits per heavy atom. The fourth-order valence-corrected chi connectivity index (χ4v) is 1.98. The van der Waals surface area contributed by atoms with Gasteiger partial charge in [0, 0.05) is 0 Å². The van der Waals surface area contributed by atoms with Crippen molar-refractivity contribution < 1.29 is 40.7 Å². The summed E-state index contributed by atoms with van der Waals surface area (Å²) < 4.78 is 70.9. The van der Waals surface area contributed by atoms with Crippen molar-refractivity contribution in [2.75, 3.05) is 0 Å². The van der Waals surface area contributed by atoms with E-state index in [1.54, 1.807) is 19.6 Å².